The second-order valence-electron chi connectivity index (χ2n) is 12.5. The molecular formula is C29H41FN4O3. The van der Waals surface area contributed by atoms with Crippen LogP contribution < -0.4 is 5.32 Å². The molecule has 1 N–H and O–H groups in total. The number of carbonyl (C=O) groups is 2. The monoisotopic (exact) mass is 512 g/mol. The highest BCUT2D eigenvalue weighted by Gasteiger charge is 2.50. The summed E-state index contributed by atoms with van der Waals surface area (Å²) < 4.78 is 20.2. The van der Waals surface area contributed by atoms with Crippen LogP contribution >= 0.6 is 0 Å². The highest BCUT2D eigenvalue weighted by atomic mass is 19.1. The third kappa shape index (κ3) is 6.84. The third-order valence-corrected chi connectivity index (χ3v) is 6.66. The molecule has 2 heterocycles. The number of amides is 2. The van der Waals surface area contributed by atoms with Crippen LogP contribution in [-0.4, -0.2) is 44.1 Å². The largest absolute Gasteiger partial charge is 0.444 e. The molecule has 1 aliphatic rings. The van der Waals surface area contributed by atoms with Gasteiger partial charge in [-0.1, -0.05) is 39.8 Å². The number of hydrogen-bond donors (Lipinski definition) is 1. The number of nitrogens with zero attached hydrogens (tertiary/aromatic N) is 3. The average Bonchev–Trinajstić information content (AvgIpc) is 3.18. The first-order chi connectivity index (χ1) is 17.0. The van der Waals surface area contributed by atoms with Crippen LogP contribution in [0.3, 0.4) is 0 Å². The van der Waals surface area contributed by atoms with Gasteiger partial charge in [-0.3, -0.25) is 9.69 Å². The van der Waals surface area contributed by atoms with E-state index in [0.717, 1.165) is 6.42 Å². The van der Waals surface area contributed by atoms with Gasteiger partial charge >= 0.3 is 6.09 Å². The molecule has 0 unspecified atom stereocenters. The Bertz CT molecular complexity index is 1140. The Balaban J connectivity index is 2.18. The Hall–Kier alpha value is -3.03. The zero-order valence-electron chi connectivity index (χ0n) is 23.6. The Labute approximate surface area is 220 Å². The van der Waals surface area contributed by atoms with Gasteiger partial charge in [0.1, 0.15) is 23.3 Å². The summed E-state index contributed by atoms with van der Waals surface area (Å²) in [6.45, 7) is 17.3. The van der Waals surface area contributed by atoms with Gasteiger partial charge in [-0.25, -0.2) is 19.2 Å². The molecule has 8 heteroatoms. The van der Waals surface area contributed by atoms with E-state index < -0.39 is 35.1 Å². The molecule has 37 heavy (non-hydrogen) atoms. The van der Waals surface area contributed by atoms with E-state index >= 15 is 0 Å². The summed E-state index contributed by atoms with van der Waals surface area (Å²) in [6.07, 6.45) is 2.11. The number of rotatable bonds is 5. The second-order valence-corrected chi connectivity index (χ2v) is 12.5. The first kappa shape index (κ1) is 28.5. The molecule has 1 aromatic carbocycles. The quantitative estimate of drug-likeness (QED) is 0.527. The van der Waals surface area contributed by atoms with Crippen molar-refractivity contribution >= 4 is 12.0 Å². The van der Waals surface area contributed by atoms with Gasteiger partial charge in [-0.2, -0.15) is 0 Å². The second kappa shape index (κ2) is 10.4. The summed E-state index contributed by atoms with van der Waals surface area (Å²) in [5.74, 6) is -0.407. The molecule has 2 amide bonds. The lowest BCUT2D eigenvalue weighted by molar-refractivity contribution is -0.127. The van der Waals surface area contributed by atoms with Gasteiger partial charge in [0, 0.05) is 28.8 Å². The molecule has 1 aromatic heterocycles. The number of halogens is 1. The van der Waals surface area contributed by atoms with Gasteiger partial charge in [-0.05, 0) is 71.2 Å². The molecule has 1 saturated heterocycles. The van der Waals surface area contributed by atoms with Crippen LogP contribution in [0.25, 0.3) is 0 Å². The van der Waals surface area contributed by atoms with Crippen LogP contribution in [0.15, 0.2) is 36.5 Å². The van der Waals surface area contributed by atoms with Gasteiger partial charge in [0.05, 0.1) is 6.04 Å². The normalized spacial score (nSPS) is 20.6. The minimum absolute atomic E-state index is 0.272. The van der Waals surface area contributed by atoms with Gasteiger partial charge < -0.3 is 10.1 Å². The SMILES string of the molecule is CCC(C)(C)NC(=O)[C@@H]1C[C@H](c2ccnc(C(C)(C)C)n2)[C@H](c2cccc(F)c2)N1C(=O)OC(C)(C)C. The standard InChI is InChI=1S/C29H41FN4O3/c1-10-29(8,9)33-24(35)22-17-20(21-14-15-31-25(32-21)27(2,3)4)23(18-12-11-13-19(30)16-18)34(22)26(36)37-28(5,6)7/h11-16,20,22-23H,10,17H2,1-9H3,(H,33,35)/t20-,22+,23+/m1/s1. The number of aromatic nitrogens is 2. The van der Waals surface area contributed by atoms with Crippen molar-refractivity contribution in [2.45, 2.75) is 110 Å². The number of nitrogens with one attached hydrogen (secondary N) is 1. The zero-order chi connectivity index (χ0) is 27.8. The van der Waals surface area contributed by atoms with E-state index in [9.17, 15) is 14.0 Å². The topological polar surface area (TPSA) is 84.4 Å². The fraction of sp³-hybridized carbons (Fsp3) is 0.586. The maximum atomic E-state index is 14.5. The summed E-state index contributed by atoms with van der Waals surface area (Å²) >= 11 is 0. The molecule has 0 bridgehead atoms. The maximum Gasteiger partial charge on any atom is 0.411 e. The first-order valence-corrected chi connectivity index (χ1v) is 12.9. The molecule has 3 atom stereocenters. The van der Waals surface area contributed by atoms with Crippen LogP contribution in [-0.2, 0) is 14.9 Å². The summed E-state index contributed by atoms with van der Waals surface area (Å²) in [5, 5.41) is 3.09. The van der Waals surface area contributed by atoms with Crippen molar-refractivity contribution in [3.63, 3.8) is 0 Å². The predicted octanol–water partition coefficient (Wildman–Crippen LogP) is 6.05. The van der Waals surface area contributed by atoms with Crippen LogP contribution in [0.1, 0.15) is 104 Å². The summed E-state index contributed by atoms with van der Waals surface area (Å²) in [4.78, 5) is 38.2. The van der Waals surface area contributed by atoms with Gasteiger partial charge in [0.2, 0.25) is 5.91 Å². The number of likely N-dealkylation sites (tertiary alicyclic amines) is 1. The fourth-order valence-electron chi connectivity index (χ4n) is 4.47. The molecule has 1 fully saturated rings. The molecule has 2 aromatic rings. The van der Waals surface area contributed by atoms with Crippen molar-refractivity contribution in [1.82, 2.24) is 20.2 Å². The molecule has 7 nitrogen and oxygen atoms in total. The van der Waals surface area contributed by atoms with E-state index in [4.69, 9.17) is 9.72 Å². The molecule has 1 aliphatic heterocycles. The van der Waals surface area contributed by atoms with Crippen LogP contribution in [0.2, 0.25) is 0 Å². The maximum absolute atomic E-state index is 14.5. The predicted molar refractivity (Wildman–Crippen MR) is 142 cm³/mol. The molecule has 0 saturated carbocycles. The minimum Gasteiger partial charge on any atom is -0.444 e. The number of ether oxygens (including phenoxy) is 1. The molecule has 0 aliphatic carbocycles. The third-order valence-electron chi connectivity index (χ3n) is 6.66. The summed E-state index contributed by atoms with van der Waals surface area (Å²) in [7, 11) is 0. The average molecular weight is 513 g/mol. The lowest BCUT2D eigenvalue weighted by atomic mass is 9.89. The Morgan fingerprint density at radius 2 is 1.78 bits per heavy atom. The van der Waals surface area contributed by atoms with Crippen LogP contribution in [0.4, 0.5) is 9.18 Å². The molecule has 0 spiro atoms. The van der Waals surface area contributed by atoms with Crippen LogP contribution in [0, 0.1) is 5.82 Å². The Morgan fingerprint density at radius 1 is 1.11 bits per heavy atom. The van der Waals surface area contributed by atoms with Crippen molar-refractivity contribution in [2.75, 3.05) is 0 Å². The van der Waals surface area contributed by atoms with Crippen molar-refractivity contribution in [2.24, 2.45) is 0 Å². The van der Waals surface area contributed by atoms with Crippen molar-refractivity contribution in [3.05, 3.63) is 59.4 Å². The highest BCUT2D eigenvalue weighted by molar-refractivity contribution is 5.87. The van der Waals surface area contributed by atoms with E-state index in [1.165, 1.54) is 17.0 Å². The lowest BCUT2D eigenvalue weighted by Crippen LogP contribution is -2.53. The molecule has 202 valence electrons. The van der Waals surface area contributed by atoms with Gasteiger partial charge in [0.15, 0.2) is 0 Å². The number of benzene rings is 1. The summed E-state index contributed by atoms with van der Waals surface area (Å²) in [5.41, 5.74) is -0.253. The van der Waals surface area contributed by atoms with E-state index in [-0.39, 0.29) is 17.2 Å². The van der Waals surface area contributed by atoms with Crippen molar-refractivity contribution in [1.29, 1.82) is 0 Å². The smallest absolute Gasteiger partial charge is 0.411 e. The van der Waals surface area contributed by atoms with E-state index in [0.29, 0.717) is 23.5 Å². The Morgan fingerprint density at radius 3 is 2.35 bits per heavy atom. The first-order valence-electron chi connectivity index (χ1n) is 12.9. The molecule has 3 rings (SSSR count). The van der Waals surface area contributed by atoms with E-state index in [2.05, 4.69) is 10.3 Å². The van der Waals surface area contributed by atoms with Crippen molar-refractivity contribution in [3.8, 4) is 0 Å². The Kier molecular flexibility index (Phi) is 8.01. The lowest BCUT2D eigenvalue weighted by Gasteiger charge is -2.35. The number of carbonyl (C=O) groups excluding carboxylic acids is 2. The molecule has 0 radical (unpaired) electrons. The van der Waals surface area contributed by atoms with E-state index in [1.807, 2.05) is 47.6 Å². The van der Waals surface area contributed by atoms with Gasteiger partial charge in [-0.15, -0.1) is 0 Å². The summed E-state index contributed by atoms with van der Waals surface area (Å²) in [6, 6.07) is 6.50. The number of hydrogen-bond acceptors (Lipinski definition) is 5. The van der Waals surface area contributed by atoms with E-state index in [1.54, 1.807) is 39.1 Å². The van der Waals surface area contributed by atoms with Crippen LogP contribution in [0.5, 0.6) is 0 Å². The van der Waals surface area contributed by atoms with Crippen molar-refractivity contribution < 1.29 is 18.7 Å². The molecular weight excluding hydrogens is 471 g/mol. The van der Waals surface area contributed by atoms with Gasteiger partial charge in [0.25, 0.3) is 0 Å². The highest BCUT2D eigenvalue weighted by Crippen LogP contribution is 2.47. The fourth-order valence-corrected chi connectivity index (χ4v) is 4.47. The minimum atomic E-state index is -0.827. The zero-order valence-corrected chi connectivity index (χ0v) is 23.6.